The van der Waals surface area contributed by atoms with Crippen LogP contribution in [-0.4, -0.2) is 35.2 Å². The zero-order valence-corrected chi connectivity index (χ0v) is 8.51. The molecule has 0 spiro atoms. The first-order valence-corrected chi connectivity index (χ1v) is 4.96. The van der Waals surface area contributed by atoms with Gasteiger partial charge in [-0.05, 0) is 12.8 Å². The Morgan fingerprint density at radius 1 is 1.62 bits per heavy atom. The van der Waals surface area contributed by atoms with Gasteiger partial charge in [0.05, 0.1) is 5.88 Å². The number of thiol groups is 1. The van der Waals surface area contributed by atoms with Crippen molar-refractivity contribution in [3.8, 4) is 0 Å². The minimum absolute atomic E-state index is 0.0307. The molecule has 0 bridgehead atoms. The fourth-order valence-electron chi connectivity index (χ4n) is 1.61. The molecular formula is C8H14N2O2S. The van der Waals surface area contributed by atoms with Crippen LogP contribution in [-0.2, 0) is 9.59 Å². The molecule has 0 radical (unpaired) electrons. The Labute approximate surface area is 83.1 Å². The SMILES string of the molecule is CC(=O)N1CCC[C@H]1C(=O)NCS. The number of nitrogens with zero attached hydrogens (tertiary/aromatic N) is 1. The van der Waals surface area contributed by atoms with Crippen LogP contribution in [0.3, 0.4) is 0 Å². The highest BCUT2D eigenvalue weighted by Crippen LogP contribution is 2.17. The summed E-state index contributed by atoms with van der Waals surface area (Å²) in [6, 6.07) is -0.273. The number of likely N-dealkylation sites (tertiary alicyclic amines) is 1. The summed E-state index contributed by atoms with van der Waals surface area (Å²) in [5.41, 5.74) is 0. The monoisotopic (exact) mass is 202 g/mol. The van der Waals surface area contributed by atoms with Crippen LogP contribution in [0.2, 0.25) is 0 Å². The minimum atomic E-state index is -0.273. The summed E-state index contributed by atoms with van der Waals surface area (Å²) >= 11 is 3.90. The Balaban J connectivity index is 2.57. The van der Waals surface area contributed by atoms with Gasteiger partial charge in [0.1, 0.15) is 6.04 Å². The van der Waals surface area contributed by atoms with Crippen LogP contribution >= 0.6 is 12.6 Å². The number of hydrogen-bond acceptors (Lipinski definition) is 3. The van der Waals surface area contributed by atoms with Crippen LogP contribution in [0.25, 0.3) is 0 Å². The maximum Gasteiger partial charge on any atom is 0.243 e. The smallest absolute Gasteiger partial charge is 0.243 e. The number of carbonyl (C=O) groups excluding carboxylic acids is 2. The average molecular weight is 202 g/mol. The van der Waals surface area contributed by atoms with Gasteiger partial charge in [0.15, 0.2) is 0 Å². The summed E-state index contributed by atoms with van der Waals surface area (Å²) in [7, 11) is 0. The van der Waals surface area contributed by atoms with E-state index in [1.165, 1.54) is 6.92 Å². The molecule has 1 N–H and O–H groups in total. The van der Waals surface area contributed by atoms with E-state index in [2.05, 4.69) is 17.9 Å². The molecule has 0 saturated carbocycles. The van der Waals surface area contributed by atoms with Crippen molar-refractivity contribution in [1.29, 1.82) is 0 Å². The zero-order chi connectivity index (χ0) is 9.84. The number of nitrogens with one attached hydrogen (secondary N) is 1. The van der Waals surface area contributed by atoms with Crippen LogP contribution in [0.1, 0.15) is 19.8 Å². The van der Waals surface area contributed by atoms with E-state index in [9.17, 15) is 9.59 Å². The first-order chi connectivity index (χ1) is 6.16. The fraction of sp³-hybridized carbons (Fsp3) is 0.750. The lowest BCUT2D eigenvalue weighted by atomic mass is 10.2. The van der Waals surface area contributed by atoms with Gasteiger partial charge in [0, 0.05) is 13.5 Å². The predicted molar refractivity (Wildman–Crippen MR) is 52.4 cm³/mol. The van der Waals surface area contributed by atoms with E-state index in [-0.39, 0.29) is 17.9 Å². The molecule has 1 atom stereocenters. The van der Waals surface area contributed by atoms with Crippen molar-refractivity contribution >= 4 is 24.4 Å². The van der Waals surface area contributed by atoms with E-state index in [0.717, 1.165) is 12.8 Å². The van der Waals surface area contributed by atoms with Gasteiger partial charge in [-0.1, -0.05) is 0 Å². The van der Waals surface area contributed by atoms with Gasteiger partial charge >= 0.3 is 0 Å². The summed E-state index contributed by atoms with van der Waals surface area (Å²) in [5.74, 6) is 0.195. The summed E-state index contributed by atoms with van der Waals surface area (Å²) in [6.45, 7) is 2.19. The van der Waals surface area contributed by atoms with E-state index in [0.29, 0.717) is 12.4 Å². The third kappa shape index (κ3) is 2.37. The molecule has 4 nitrogen and oxygen atoms in total. The molecule has 2 amide bonds. The maximum absolute atomic E-state index is 11.4. The van der Waals surface area contributed by atoms with E-state index in [4.69, 9.17) is 0 Å². The number of amides is 2. The fourth-order valence-corrected chi connectivity index (χ4v) is 1.77. The largest absolute Gasteiger partial charge is 0.346 e. The van der Waals surface area contributed by atoms with Crippen molar-refractivity contribution < 1.29 is 9.59 Å². The van der Waals surface area contributed by atoms with Crippen molar-refractivity contribution in [1.82, 2.24) is 10.2 Å². The molecular weight excluding hydrogens is 188 g/mol. The van der Waals surface area contributed by atoms with Gasteiger partial charge in [-0.25, -0.2) is 0 Å². The maximum atomic E-state index is 11.4. The van der Waals surface area contributed by atoms with Gasteiger partial charge in [-0.15, -0.1) is 0 Å². The van der Waals surface area contributed by atoms with Gasteiger partial charge in [0.25, 0.3) is 0 Å². The average Bonchev–Trinajstić information content (AvgIpc) is 2.52. The zero-order valence-electron chi connectivity index (χ0n) is 7.62. The molecule has 0 aromatic carbocycles. The van der Waals surface area contributed by atoms with Crippen LogP contribution in [0.5, 0.6) is 0 Å². The Morgan fingerprint density at radius 2 is 2.31 bits per heavy atom. The second kappa shape index (κ2) is 4.50. The van der Waals surface area contributed by atoms with Gasteiger partial charge < -0.3 is 10.2 Å². The highest BCUT2D eigenvalue weighted by atomic mass is 32.1. The van der Waals surface area contributed by atoms with Crippen molar-refractivity contribution in [2.75, 3.05) is 12.4 Å². The Bertz CT molecular complexity index is 220. The summed E-state index contributed by atoms with van der Waals surface area (Å²) in [5, 5.41) is 2.60. The molecule has 13 heavy (non-hydrogen) atoms. The number of carbonyl (C=O) groups is 2. The molecule has 5 heteroatoms. The van der Waals surface area contributed by atoms with Crippen molar-refractivity contribution in [2.45, 2.75) is 25.8 Å². The normalized spacial score (nSPS) is 21.7. The molecule has 1 heterocycles. The number of hydrogen-bond donors (Lipinski definition) is 2. The third-order valence-corrected chi connectivity index (χ3v) is 2.37. The van der Waals surface area contributed by atoms with Gasteiger partial charge in [-0.2, -0.15) is 12.6 Å². The van der Waals surface area contributed by atoms with Crippen molar-refractivity contribution in [3.05, 3.63) is 0 Å². The minimum Gasteiger partial charge on any atom is -0.346 e. The molecule has 0 aromatic heterocycles. The highest BCUT2D eigenvalue weighted by Gasteiger charge is 2.31. The summed E-state index contributed by atoms with van der Waals surface area (Å²) in [4.78, 5) is 24.1. The summed E-state index contributed by atoms with van der Waals surface area (Å²) < 4.78 is 0. The topological polar surface area (TPSA) is 49.4 Å². The van der Waals surface area contributed by atoms with Crippen LogP contribution in [0.4, 0.5) is 0 Å². The predicted octanol–water partition coefficient (Wildman–Crippen LogP) is 0.000800. The molecule has 0 aliphatic carbocycles. The van der Waals surface area contributed by atoms with Crippen LogP contribution < -0.4 is 5.32 Å². The molecule has 74 valence electrons. The second-order valence-corrected chi connectivity index (χ2v) is 3.39. The molecule has 1 aliphatic rings. The summed E-state index contributed by atoms with van der Waals surface area (Å²) in [6.07, 6.45) is 1.67. The lowest BCUT2D eigenvalue weighted by Crippen LogP contribution is -2.44. The van der Waals surface area contributed by atoms with E-state index in [1.807, 2.05) is 0 Å². The molecule has 1 saturated heterocycles. The first-order valence-electron chi connectivity index (χ1n) is 4.32. The number of rotatable bonds is 2. The third-order valence-electron chi connectivity index (χ3n) is 2.21. The quantitative estimate of drug-likeness (QED) is 0.489. The van der Waals surface area contributed by atoms with Crippen molar-refractivity contribution in [2.24, 2.45) is 0 Å². The highest BCUT2D eigenvalue weighted by molar-refractivity contribution is 7.80. The van der Waals surface area contributed by atoms with Gasteiger partial charge in [0.2, 0.25) is 11.8 Å². The standard InChI is InChI=1S/C8H14N2O2S/c1-6(11)10-4-2-3-7(10)8(12)9-5-13/h7,13H,2-5H2,1H3,(H,9,12)/t7-/m0/s1. The lowest BCUT2D eigenvalue weighted by molar-refractivity contribution is -0.136. The Kier molecular flexibility index (Phi) is 3.59. The lowest BCUT2D eigenvalue weighted by Gasteiger charge is -2.21. The second-order valence-electron chi connectivity index (χ2n) is 3.07. The molecule has 1 aliphatic heterocycles. The molecule has 0 unspecified atom stereocenters. The van der Waals surface area contributed by atoms with Gasteiger partial charge in [-0.3, -0.25) is 9.59 Å². The van der Waals surface area contributed by atoms with E-state index >= 15 is 0 Å². The van der Waals surface area contributed by atoms with Crippen LogP contribution in [0.15, 0.2) is 0 Å². The van der Waals surface area contributed by atoms with Crippen molar-refractivity contribution in [3.63, 3.8) is 0 Å². The van der Waals surface area contributed by atoms with Crippen LogP contribution in [0, 0.1) is 0 Å². The Morgan fingerprint density at radius 3 is 2.85 bits per heavy atom. The molecule has 0 aromatic rings. The first kappa shape index (κ1) is 10.4. The van der Waals surface area contributed by atoms with E-state index in [1.54, 1.807) is 4.90 Å². The van der Waals surface area contributed by atoms with E-state index < -0.39 is 0 Å². The molecule has 1 rings (SSSR count). The Hall–Kier alpha value is -0.710. The molecule has 1 fully saturated rings.